The first-order valence-corrected chi connectivity index (χ1v) is 5.59. The molecule has 0 bridgehead atoms. The molecule has 2 rings (SSSR count). The van der Waals surface area contributed by atoms with Crippen molar-refractivity contribution in [3.05, 3.63) is 40.7 Å². The van der Waals surface area contributed by atoms with Crippen molar-refractivity contribution >= 4 is 17.3 Å². The van der Waals surface area contributed by atoms with Gasteiger partial charge in [-0.3, -0.25) is 4.68 Å². The van der Waals surface area contributed by atoms with Gasteiger partial charge in [0, 0.05) is 18.0 Å². The Balaban J connectivity index is 2.26. The van der Waals surface area contributed by atoms with Crippen LogP contribution < -0.4 is 10.5 Å². The van der Waals surface area contributed by atoms with Gasteiger partial charge < -0.3 is 10.5 Å². The van der Waals surface area contributed by atoms with E-state index in [1.54, 1.807) is 24.1 Å². The Morgan fingerprint density at radius 1 is 1.41 bits per heavy atom. The van der Waals surface area contributed by atoms with Gasteiger partial charge in [0.05, 0.1) is 24.4 Å². The van der Waals surface area contributed by atoms with E-state index in [9.17, 15) is 0 Å². The number of ether oxygens (including phenoxy) is 1. The number of nitrogens with two attached hydrogens (primary N) is 1. The molecule has 0 amide bonds. The van der Waals surface area contributed by atoms with Crippen LogP contribution in [0.1, 0.15) is 11.3 Å². The number of methoxy groups -OCH3 is 1. The lowest BCUT2D eigenvalue weighted by molar-refractivity contribution is 0.414. The third kappa shape index (κ3) is 2.71. The van der Waals surface area contributed by atoms with E-state index in [2.05, 4.69) is 5.10 Å². The van der Waals surface area contributed by atoms with Gasteiger partial charge in [0.1, 0.15) is 5.75 Å². The molecule has 0 spiro atoms. The molecule has 5 heteroatoms. The van der Waals surface area contributed by atoms with Crippen molar-refractivity contribution in [2.24, 2.45) is 0 Å². The summed E-state index contributed by atoms with van der Waals surface area (Å²) >= 11 is 5.95. The van der Waals surface area contributed by atoms with Crippen LogP contribution in [-0.4, -0.2) is 16.9 Å². The highest BCUT2D eigenvalue weighted by Gasteiger charge is 2.04. The number of nitrogen functional groups attached to an aromatic ring is 1. The molecular formula is C12H14ClN3O. The quantitative estimate of drug-likeness (QED) is 0.853. The minimum Gasteiger partial charge on any atom is -0.497 e. The Kier molecular flexibility index (Phi) is 3.24. The van der Waals surface area contributed by atoms with Gasteiger partial charge in [-0.1, -0.05) is 11.6 Å². The lowest BCUT2D eigenvalue weighted by Gasteiger charge is -2.06. The van der Waals surface area contributed by atoms with E-state index in [-0.39, 0.29) is 0 Å². The molecule has 1 aromatic carbocycles. The van der Waals surface area contributed by atoms with Crippen molar-refractivity contribution in [1.29, 1.82) is 0 Å². The summed E-state index contributed by atoms with van der Waals surface area (Å²) in [6.07, 6.45) is 1.80. The van der Waals surface area contributed by atoms with Gasteiger partial charge in [-0.15, -0.1) is 0 Å². The molecule has 0 aliphatic rings. The van der Waals surface area contributed by atoms with Gasteiger partial charge in [0.25, 0.3) is 0 Å². The molecule has 0 unspecified atom stereocenters. The van der Waals surface area contributed by atoms with Crippen LogP contribution in [0.4, 0.5) is 5.69 Å². The van der Waals surface area contributed by atoms with Crippen LogP contribution in [0.15, 0.2) is 24.4 Å². The van der Waals surface area contributed by atoms with Crippen LogP contribution in [0, 0.1) is 6.92 Å². The molecule has 2 aromatic rings. The van der Waals surface area contributed by atoms with Gasteiger partial charge in [0.15, 0.2) is 0 Å². The predicted octanol–water partition coefficient (Wildman–Crippen LogP) is 2.48. The van der Waals surface area contributed by atoms with E-state index in [0.29, 0.717) is 17.3 Å². The maximum Gasteiger partial charge on any atom is 0.121 e. The van der Waals surface area contributed by atoms with Crippen LogP contribution in [0.25, 0.3) is 0 Å². The first-order valence-electron chi connectivity index (χ1n) is 5.21. The van der Waals surface area contributed by atoms with Crippen molar-refractivity contribution in [3.63, 3.8) is 0 Å². The van der Waals surface area contributed by atoms with Gasteiger partial charge in [-0.05, 0) is 24.6 Å². The fourth-order valence-electron chi connectivity index (χ4n) is 1.66. The van der Waals surface area contributed by atoms with Crippen LogP contribution in [0.2, 0.25) is 5.02 Å². The number of halogens is 1. The van der Waals surface area contributed by atoms with Crippen molar-refractivity contribution in [1.82, 2.24) is 9.78 Å². The number of nitrogens with zero attached hydrogens (tertiary/aromatic N) is 2. The summed E-state index contributed by atoms with van der Waals surface area (Å²) < 4.78 is 6.95. The molecule has 0 aliphatic carbocycles. The summed E-state index contributed by atoms with van der Waals surface area (Å²) in [5.74, 6) is 0.745. The Bertz CT molecular complexity index is 517. The highest BCUT2D eigenvalue weighted by molar-refractivity contribution is 6.31. The van der Waals surface area contributed by atoms with Crippen LogP contribution in [-0.2, 0) is 6.54 Å². The molecule has 17 heavy (non-hydrogen) atoms. The average Bonchev–Trinajstić information content (AvgIpc) is 2.57. The summed E-state index contributed by atoms with van der Waals surface area (Å²) in [7, 11) is 1.62. The normalized spacial score (nSPS) is 10.5. The number of anilines is 1. The predicted molar refractivity (Wildman–Crippen MR) is 68.5 cm³/mol. The largest absolute Gasteiger partial charge is 0.497 e. The number of rotatable bonds is 3. The zero-order valence-electron chi connectivity index (χ0n) is 9.77. The molecule has 0 atom stereocenters. The average molecular weight is 252 g/mol. The standard InChI is InChI=1S/C12H14ClN3O/c1-8-12(13)7-16(15-8)6-9-3-10(14)5-11(4-9)17-2/h3-5,7H,6,14H2,1-2H3. The second-order valence-corrected chi connectivity index (χ2v) is 4.28. The lowest BCUT2D eigenvalue weighted by atomic mass is 10.2. The van der Waals surface area contributed by atoms with Crippen LogP contribution in [0.5, 0.6) is 5.75 Å². The molecular weight excluding hydrogens is 238 g/mol. The molecule has 0 fully saturated rings. The Morgan fingerprint density at radius 3 is 2.76 bits per heavy atom. The van der Waals surface area contributed by atoms with E-state index < -0.39 is 0 Å². The molecule has 0 saturated carbocycles. The van der Waals surface area contributed by atoms with E-state index >= 15 is 0 Å². The van der Waals surface area contributed by atoms with E-state index in [0.717, 1.165) is 17.0 Å². The number of aryl methyl sites for hydroxylation is 1. The third-order valence-electron chi connectivity index (χ3n) is 2.46. The minimum atomic E-state index is 0.620. The first kappa shape index (κ1) is 11.8. The second-order valence-electron chi connectivity index (χ2n) is 3.87. The molecule has 0 aliphatic heterocycles. The summed E-state index contributed by atoms with van der Waals surface area (Å²) in [6, 6.07) is 5.61. The summed E-state index contributed by atoms with van der Waals surface area (Å²) in [4.78, 5) is 0. The zero-order chi connectivity index (χ0) is 12.4. The van der Waals surface area contributed by atoms with Crippen LogP contribution in [0.3, 0.4) is 0 Å². The molecule has 1 aromatic heterocycles. The Labute approximate surface area is 105 Å². The van der Waals surface area contributed by atoms with E-state index in [4.69, 9.17) is 22.1 Å². The monoisotopic (exact) mass is 251 g/mol. The van der Waals surface area contributed by atoms with Gasteiger partial charge in [-0.25, -0.2) is 0 Å². The topological polar surface area (TPSA) is 53.1 Å². The van der Waals surface area contributed by atoms with E-state index in [1.807, 2.05) is 19.1 Å². The highest BCUT2D eigenvalue weighted by Crippen LogP contribution is 2.20. The number of benzene rings is 1. The summed E-state index contributed by atoms with van der Waals surface area (Å²) in [5.41, 5.74) is 8.31. The number of hydrogen-bond donors (Lipinski definition) is 1. The van der Waals surface area contributed by atoms with Gasteiger partial charge in [0.2, 0.25) is 0 Å². The second kappa shape index (κ2) is 4.67. The smallest absolute Gasteiger partial charge is 0.121 e. The fourth-order valence-corrected chi connectivity index (χ4v) is 1.81. The minimum absolute atomic E-state index is 0.620. The van der Waals surface area contributed by atoms with Gasteiger partial charge in [-0.2, -0.15) is 5.10 Å². The lowest BCUT2D eigenvalue weighted by Crippen LogP contribution is -2.01. The van der Waals surface area contributed by atoms with Crippen molar-refractivity contribution in [2.75, 3.05) is 12.8 Å². The maximum atomic E-state index is 5.95. The molecule has 90 valence electrons. The van der Waals surface area contributed by atoms with Crippen molar-refractivity contribution in [2.45, 2.75) is 13.5 Å². The number of hydrogen-bond acceptors (Lipinski definition) is 3. The molecule has 0 saturated heterocycles. The Hall–Kier alpha value is -1.68. The Morgan fingerprint density at radius 2 is 2.18 bits per heavy atom. The highest BCUT2D eigenvalue weighted by atomic mass is 35.5. The third-order valence-corrected chi connectivity index (χ3v) is 2.83. The van der Waals surface area contributed by atoms with Crippen molar-refractivity contribution in [3.8, 4) is 5.75 Å². The SMILES string of the molecule is COc1cc(N)cc(Cn2cc(Cl)c(C)n2)c1. The number of aromatic nitrogens is 2. The molecule has 1 heterocycles. The molecule has 2 N–H and O–H groups in total. The van der Waals surface area contributed by atoms with Crippen LogP contribution >= 0.6 is 11.6 Å². The zero-order valence-corrected chi connectivity index (χ0v) is 10.5. The summed E-state index contributed by atoms with van der Waals surface area (Å²) in [6.45, 7) is 2.49. The van der Waals surface area contributed by atoms with Crippen molar-refractivity contribution < 1.29 is 4.74 Å². The summed E-state index contributed by atoms with van der Waals surface area (Å²) in [5, 5.41) is 4.96. The molecule has 4 nitrogen and oxygen atoms in total. The van der Waals surface area contributed by atoms with Gasteiger partial charge >= 0.3 is 0 Å². The van der Waals surface area contributed by atoms with E-state index in [1.165, 1.54) is 0 Å². The fraction of sp³-hybridized carbons (Fsp3) is 0.250. The first-order chi connectivity index (χ1) is 8.08. The maximum absolute atomic E-state index is 5.95. The molecule has 0 radical (unpaired) electrons.